The molecule has 8 nitrogen and oxygen atoms in total. The summed E-state index contributed by atoms with van der Waals surface area (Å²) < 4.78 is 3.37. The van der Waals surface area contributed by atoms with E-state index in [1.165, 1.54) is 4.57 Å². The highest BCUT2D eigenvalue weighted by atomic mass is 16.1. The normalized spacial score (nSPS) is 17.0. The lowest BCUT2D eigenvalue weighted by Gasteiger charge is -2.31. The molecule has 4 rings (SSSR count). The van der Waals surface area contributed by atoms with Crippen LogP contribution in [0, 0.1) is 0 Å². The molecule has 1 saturated heterocycles. The molecule has 2 aromatic heterocycles. The Morgan fingerprint density at radius 3 is 2.86 bits per heavy atom. The van der Waals surface area contributed by atoms with E-state index in [0.717, 1.165) is 31.9 Å². The van der Waals surface area contributed by atoms with Gasteiger partial charge in [0.2, 0.25) is 5.95 Å². The fourth-order valence-corrected chi connectivity index (χ4v) is 3.98. The number of aryl methyl sites for hydroxylation is 1. The van der Waals surface area contributed by atoms with Crippen LogP contribution in [0.4, 0.5) is 11.6 Å². The molecule has 0 saturated carbocycles. The van der Waals surface area contributed by atoms with E-state index < -0.39 is 0 Å². The van der Waals surface area contributed by atoms with E-state index >= 15 is 0 Å². The molecule has 4 N–H and O–H groups in total. The Hall–Kier alpha value is -3.13. The van der Waals surface area contributed by atoms with Crippen LogP contribution in [0.2, 0.25) is 0 Å². The van der Waals surface area contributed by atoms with Crippen LogP contribution in [-0.2, 0) is 13.1 Å². The van der Waals surface area contributed by atoms with Gasteiger partial charge < -0.3 is 25.5 Å². The predicted molar refractivity (Wildman–Crippen MR) is 114 cm³/mol. The fraction of sp³-hybridized carbons (Fsp3) is 0.381. The smallest absolute Gasteiger partial charge is 0.277 e. The van der Waals surface area contributed by atoms with Gasteiger partial charge in [-0.2, -0.15) is 0 Å². The number of carbonyl (C=O) groups excluding carboxylic acids is 1. The fourth-order valence-electron chi connectivity index (χ4n) is 3.98. The molecule has 0 aliphatic carbocycles. The molecule has 0 spiro atoms. The molecular weight excluding hydrogens is 368 g/mol. The highest BCUT2D eigenvalue weighted by Gasteiger charge is 2.23. The van der Waals surface area contributed by atoms with Crippen LogP contribution in [0.5, 0.6) is 0 Å². The van der Waals surface area contributed by atoms with E-state index in [-0.39, 0.29) is 23.9 Å². The van der Waals surface area contributed by atoms with Crippen molar-refractivity contribution in [1.82, 2.24) is 14.1 Å². The highest BCUT2D eigenvalue weighted by Crippen LogP contribution is 2.23. The molecule has 0 bridgehead atoms. The van der Waals surface area contributed by atoms with Crippen molar-refractivity contribution in [3.8, 4) is 0 Å². The first-order chi connectivity index (χ1) is 14.0. The Morgan fingerprint density at radius 1 is 1.31 bits per heavy atom. The van der Waals surface area contributed by atoms with Crippen molar-refractivity contribution < 1.29 is 4.79 Å². The second-order valence-electron chi connectivity index (χ2n) is 7.54. The number of nitrogens with two attached hydrogens (primary N) is 2. The topological polar surface area (TPSA) is 112 Å². The lowest BCUT2D eigenvalue weighted by molar-refractivity contribution is 0.0971. The number of fused-ring (bicyclic) bond motifs is 1. The second-order valence-corrected chi connectivity index (χ2v) is 7.54. The van der Waals surface area contributed by atoms with E-state index in [2.05, 4.69) is 4.90 Å². The van der Waals surface area contributed by atoms with Gasteiger partial charge in [-0.1, -0.05) is 12.1 Å². The number of nitrogen functional groups attached to an aromatic ring is 1. The van der Waals surface area contributed by atoms with Gasteiger partial charge in [-0.3, -0.25) is 9.59 Å². The number of Topliss-reactive ketones (excluding diaryl/α,β-unsaturated/α-hetero) is 1. The zero-order valence-corrected chi connectivity index (χ0v) is 16.5. The number of nitrogens with zero attached hydrogens (tertiary/aromatic N) is 4. The van der Waals surface area contributed by atoms with Gasteiger partial charge in [0, 0.05) is 43.1 Å². The van der Waals surface area contributed by atoms with Gasteiger partial charge in [0.25, 0.3) is 5.56 Å². The van der Waals surface area contributed by atoms with E-state index in [1.807, 2.05) is 11.5 Å². The molecular formula is C21H26N6O2. The number of rotatable bonds is 5. The molecule has 29 heavy (non-hydrogen) atoms. The molecule has 1 aromatic carbocycles. The summed E-state index contributed by atoms with van der Waals surface area (Å²) in [6.45, 7) is 4.16. The average Bonchev–Trinajstić information content (AvgIpc) is 3.09. The average molecular weight is 394 g/mol. The minimum Gasteiger partial charge on any atom is -0.399 e. The standard InChI is InChI=1S/C21H26N6O2/c1-2-27-19-17(24-21(27)26-9-4-7-16(23)12-26)8-10-25(20(19)29)13-18(28)14-5-3-6-15(22)11-14/h3,5-6,8,10-11,16H,2,4,7,9,12-13,22-23H2,1H3. The molecule has 3 heterocycles. The Labute approximate surface area is 168 Å². The molecule has 1 fully saturated rings. The van der Waals surface area contributed by atoms with Gasteiger partial charge in [-0.15, -0.1) is 0 Å². The lowest BCUT2D eigenvalue weighted by Crippen LogP contribution is -2.44. The number of ketones is 1. The number of carbonyl (C=O) groups is 1. The number of pyridine rings is 1. The number of hydrogen-bond acceptors (Lipinski definition) is 6. The number of benzene rings is 1. The summed E-state index contributed by atoms with van der Waals surface area (Å²) in [4.78, 5) is 32.7. The number of anilines is 2. The van der Waals surface area contributed by atoms with Gasteiger partial charge >= 0.3 is 0 Å². The first kappa shape index (κ1) is 19.2. The van der Waals surface area contributed by atoms with Crippen molar-refractivity contribution in [2.75, 3.05) is 23.7 Å². The van der Waals surface area contributed by atoms with Gasteiger partial charge in [-0.05, 0) is 38.0 Å². The summed E-state index contributed by atoms with van der Waals surface area (Å²) in [6, 6.07) is 8.69. The van der Waals surface area contributed by atoms with Gasteiger partial charge in [0.05, 0.1) is 12.1 Å². The first-order valence-electron chi connectivity index (χ1n) is 9.97. The summed E-state index contributed by atoms with van der Waals surface area (Å²) in [5.74, 6) is 0.609. The Balaban J connectivity index is 1.71. The van der Waals surface area contributed by atoms with Crippen LogP contribution in [0.3, 0.4) is 0 Å². The van der Waals surface area contributed by atoms with E-state index in [1.54, 1.807) is 36.5 Å². The molecule has 1 aliphatic rings. The van der Waals surface area contributed by atoms with E-state index in [0.29, 0.717) is 28.8 Å². The zero-order chi connectivity index (χ0) is 20.5. The van der Waals surface area contributed by atoms with Gasteiger partial charge in [0.15, 0.2) is 5.78 Å². The third-order valence-electron chi connectivity index (χ3n) is 5.43. The van der Waals surface area contributed by atoms with Crippen LogP contribution in [0.15, 0.2) is 41.3 Å². The summed E-state index contributed by atoms with van der Waals surface area (Å²) in [5, 5.41) is 0. The molecule has 0 radical (unpaired) electrons. The Morgan fingerprint density at radius 2 is 2.14 bits per heavy atom. The lowest BCUT2D eigenvalue weighted by atomic mass is 10.1. The SMILES string of the molecule is CCn1c(N2CCCC(N)C2)nc2ccn(CC(=O)c3cccc(N)c3)c(=O)c21. The summed E-state index contributed by atoms with van der Waals surface area (Å²) >= 11 is 0. The number of piperidine rings is 1. The van der Waals surface area contributed by atoms with E-state index in [4.69, 9.17) is 16.5 Å². The van der Waals surface area contributed by atoms with Crippen molar-refractivity contribution >= 4 is 28.5 Å². The van der Waals surface area contributed by atoms with Crippen LogP contribution in [0.25, 0.3) is 11.0 Å². The van der Waals surface area contributed by atoms with Crippen LogP contribution in [-0.4, -0.2) is 39.0 Å². The quantitative estimate of drug-likeness (QED) is 0.502. The third-order valence-corrected chi connectivity index (χ3v) is 5.43. The monoisotopic (exact) mass is 394 g/mol. The van der Waals surface area contributed by atoms with Gasteiger partial charge in [-0.25, -0.2) is 4.98 Å². The van der Waals surface area contributed by atoms with Crippen molar-refractivity contribution in [2.24, 2.45) is 5.73 Å². The summed E-state index contributed by atoms with van der Waals surface area (Å²) in [6.07, 6.45) is 3.64. The van der Waals surface area contributed by atoms with Crippen molar-refractivity contribution in [1.29, 1.82) is 0 Å². The van der Waals surface area contributed by atoms with Crippen molar-refractivity contribution in [3.63, 3.8) is 0 Å². The zero-order valence-electron chi connectivity index (χ0n) is 16.5. The van der Waals surface area contributed by atoms with Crippen LogP contribution < -0.4 is 21.9 Å². The second kappa shape index (κ2) is 7.71. The van der Waals surface area contributed by atoms with Crippen LogP contribution in [0.1, 0.15) is 30.1 Å². The predicted octanol–water partition coefficient (Wildman–Crippen LogP) is 1.61. The molecule has 3 aromatic rings. The largest absolute Gasteiger partial charge is 0.399 e. The molecule has 152 valence electrons. The maximum absolute atomic E-state index is 13.2. The third kappa shape index (κ3) is 3.63. The molecule has 1 atom stereocenters. The molecule has 8 heteroatoms. The maximum Gasteiger partial charge on any atom is 0.277 e. The number of imidazole rings is 1. The van der Waals surface area contributed by atoms with E-state index in [9.17, 15) is 9.59 Å². The minimum absolute atomic E-state index is 0.0446. The first-order valence-corrected chi connectivity index (χ1v) is 9.97. The van der Waals surface area contributed by atoms with Gasteiger partial charge in [0.1, 0.15) is 5.52 Å². The van der Waals surface area contributed by atoms with Crippen molar-refractivity contribution in [2.45, 2.75) is 38.9 Å². The summed E-state index contributed by atoms with van der Waals surface area (Å²) in [7, 11) is 0. The number of aromatic nitrogens is 3. The minimum atomic E-state index is -0.221. The number of hydrogen-bond donors (Lipinski definition) is 2. The molecule has 1 unspecified atom stereocenters. The summed E-state index contributed by atoms with van der Waals surface area (Å²) in [5.41, 5.74) is 13.8. The highest BCUT2D eigenvalue weighted by molar-refractivity contribution is 5.96. The molecule has 1 aliphatic heterocycles. The molecule has 0 amide bonds. The Bertz CT molecular complexity index is 1120. The maximum atomic E-state index is 13.2. The Kier molecular flexibility index (Phi) is 5.10. The van der Waals surface area contributed by atoms with Crippen LogP contribution >= 0.6 is 0 Å². The van der Waals surface area contributed by atoms with Crippen molar-refractivity contribution in [3.05, 3.63) is 52.4 Å².